The quantitative estimate of drug-likeness (QED) is 0.587. The summed E-state index contributed by atoms with van der Waals surface area (Å²) in [6, 6.07) is 4.44. The van der Waals surface area contributed by atoms with Crippen LogP contribution in [0.5, 0.6) is 11.5 Å². The molecule has 0 unspecified atom stereocenters. The van der Waals surface area contributed by atoms with E-state index in [1.807, 2.05) is 13.8 Å². The Labute approximate surface area is 185 Å². The number of phenolic OH excluding ortho intramolecular Hbond substituents is 1. The number of urea groups is 1. The maximum absolute atomic E-state index is 13.3. The number of anilines is 1. The average Bonchev–Trinajstić information content (AvgIpc) is 3.37. The lowest BCUT2D eigenvalue weighted by Gasteiger charge is -2.27. The van der Waals surface area contributed by atoms with E-state index < -0.39 is 11.6 Å². The smallest absolute Gasteiger partial charge is 0.332 e. The number of imide groups is 1. The van der Waals surface area contributed by atoms with Crippen LogP contribution in [-0.2, 0) is 17.9 Å². The molecular weight excluding hydrogens is 414 g/mol. The highest BCUT2D eigenvalue weighted by Crippen LogP contribution is 2.34. The second-order valence-corrected chi connectivity index (χ2v) is 8.27. The molecule has 1 aromatic carbocycles. The standard InChI is InChI=1S/C22H25N5O5/c1-13-17(14(2)32-24-13)12-25-11-16(9-23-25)27-20(29)22(3,4)26(21(27)30)10-15-6-7-19(31-5)18(28)8-15/h6-9,11,28H,10,12H2,1-5H3. The molecule has 0 spiro atoms. The Morgan fingerprint density at radius 1 is 1.19 bits per heavy atom. The molecule has 0 bridgehead atoms. The molecule has 2 aromatic heterocycles. The Balaban J connectivity index is 1.58. The van der Waals surface area contributed by atoms with Crippen LogP contribution < -0.4 is 9.64 Å². The summed E-state index contributed by atoms with van der Waals surface area (Å²) in [4.78, 5) is 29.0. The van der Waals surface area contributed by atoms with E-state index in [0.717, 1.165) is 16.2 Å². The van der Waals surface area contributed by atoms with Crippen molar-refractivity contribution in [1.82, 2.24) is 19.8 Å². The molecule has 1 N–H and O–H groups in total. The van der Waals surface area contributed by atoms with Crippen LogP contribution in [0.15, 0.2) is 35.1 Å². The van der Waals surface area contributed by atoms with Gasteiger partial charge in [-0.1, -0.05) is 11.2 Å². The minimum Gasteiger partial charge on any atom is -0.504 e. The molecule has 3 aromatic rings. The zero-order chi connectivity index (χ0) is 23.2. The van der Waals surface area contributed by atoms with Gasteiger partial charge in [0.2, 0.25) is 0 Å². The molecule has 1 aliphatic rings. The first-order chi connectivity index (χ1) is 15.1. The number of carbonyl (C=O) groups excluding carboxylic acids is 2. The summed E-state index contributed by atoms with van der Waals surface area (Å²) in [5.41, 5.74) is 1.66. The van der Waals surface area contributed by atoms with Crippen LogP contribution in [0.3, 0.4) is 0 Å². The summed E-state index contributed by atoms with van der Waals surface area (Å²) in [5, 5.41) is 18.3. The Bertz CT molecular complexity index is 1180. The third-order valence-corrected chi connectivity index (χ3v) is 5.79. The molecule has 10 nitrogen and oxygen atoms in total. The van der Waals surface area contributed by atoms with Gasteiger partial charge in [-0.2, -0.15) is 5.10 Å². The highest BCUT2D eigenvalue weighted by molar-refractivity contribution is 6.22. The zero-order valence-corrected chi connectivity index (χ0v) is 18.6. The summed E-state index contributed by atoms with van der Waals surface area (Å²) >= 11 is 0. The lowest BCUT2D eigenvalue weighted by molar-refractivity contribution is -0.123. The van der Waals surface area contributed by atoms with E-state index in [0.29, 0.717) is 29.3 Å². The van der Waals surface area contributed by atoms with E-state index in [-0.39, 0.29) is 18.2 Å². The highest BCUT2D eigenvalue weighted by Gasteiger charge is 2.52. The molecular formula is C22H25N5O5. The van der Waals surface area contributed by atoms with E-state index in [9.17, 15) is 14.7 Å². The largest absolute Gasteiger partial charge is 0.504 e. The van der Waals surface area contributed by atoms with E-state index in [2.05, 4.69) is 10.3 Å². The van der Waals surface area contributed by atoms with E-state index in [4.69, 9.17) is 9.26 Å². The number of benzene rings is 1. The topological polar surface area (TPSA) is 114 Å². The predicted molar refractivity (Wildman–Crippen MR) is 114 cm³/mol. The molecule has 0 radical (unpaired) electrons. The van der Waals surface area contributed by atoms with Gasteiger partial charge in [0.1, 0.15) is 11.3 Å². The molecule has 1 aliphatic heterocycles. The molecule has 0 atom stereocenters. The molecule has 32 heavy (non-hydrogen) atoms. The third-order valence-electron chi connectivity index (χ3n) is 5.79. The van der Waals surface area contributed by atoms with Crippen LogP contribution in [0, 0.1) is 13.8 Å². The molecule has 3 amide bonds. The number of nitrogens with zero attached hydrogens (tertiary/aromatic N) is 5. The monoisotopic (exact) mass is 439 g/mol. The second-order valence-electron chi connectivity index (χ2n) is 8.27. The summed E-state index contributed by atoms with van der Waals surface area (Å²) in [5.74, 6) is 0.655. The van der Waals surface area contributed by atoms with Crippen molar-refractivity contribution in [3.05, 3.63) is 53.2 Å². The van der Waals surface area contributed by atoms with Gasteiger partial charge in [-0.25, -0.2) is 9.69 Å². The maximum atomic E-state index is 13.3. The van der Waals surface area contributed by atoms with Crippen LogP contribution >= 0.6 is 0 Å². The van der Waals surface area contributed by atoms with Gasteiger partial charge in [-0.15, -0.1) is 0 Å². The summed E-state index contributed by atoms with van der Waals surface area (Å²) in [6.45, 7) is 7.63. The van der Waals surface area contributed by atoms with Crippen LogP contribution in [0.1, 0.15) is 36.4 Å². The Morgan fingerprint density at radius 2 is 1.94 bits per heavy atom. The van der Waals surface area contributed by atoms with Crippen LogP contribution in [0.4, 0.5) is 10.5 Å². The van der Waals surface area contributed by atoms with Gasteiger partial charge in [0, 0.05) is 18.3 Å². The first-order valence-electron chi connectivity index (χ1n) is 10.1. The van der Waals surface area contributed by atoms with Gasteiger partial charge < -0.3 is 19.3 Å². The average molecular weight is 439 g/mol. The van der Waals surface area contributed by atoms with Crippen molar-refractivity contribution in [3.8, 4) is 11.5 Å². The lowest BCUT2D eigenvalue weighted by Crippen LogP contribution is -2.43. The van der Waals surface area contributed by atoms with Crippen molar-refractivity contribution in [3.63, 3.8) is 0 Å². The molecule has 3 heterocycles. The first kappa shape index (κ1) is 21.4. The molecule has 0 saturated carbocycles. The van der Waals surface area contributed by atoms with Crippen LogP contribution in [0.2, 0.25) is 0 Å². The molecule has 4 rings (SSSR count). The molecule has 1 fully saturated rings. The number of aryl methyl sites for hydroxylation is 2. The summed E-state index contributed by atoms with van der Waals surface area (Å²) < 4.78 is 11.9. The van der Waals surface area contributed by atoms with Crippen molar-refractivity contribution in [2.24, 2.45) is 0 Å². The van der Waals surface area contributed by atoms with Gasteiger partial charge in [-0.05, 0) is 45.4 Å². The minimum atomic E-state index is -1.07. The Morgan fingerprint density at radius 3 is 2.56 bits per heavy atom. The normalized spacial score (nSPS) is 15.7. The van der Waals surface area contributed by atoms with Gasteiger partial charge >= 0.3 is 6.03 Å². The molecule has 10 heteroatoms. The molecule has 1 saturated heterocycles. The minimum absolute atomic E-state index is 0.0294. The lowest BCUT2D eigenvalue weighted by atomic mass is 10.0. The number of methoxy groups -OCH3 is 1. The van der Waals surface area contributed by atoms with Gasteiger partial charge in [-0.3, -0.25) is 9.48 Å². The van der Waals surface area contributed by atoms with Crippen molar-refractivity contribution >= 4 is 17.6 Å². The van der Waals surface area contributed by atoms with Crippen molar-refractivity contribution in [2.45, 2.75) is 46.3 Å². The van der Waals surface area contributed by atoms with E-state index in [1.54, 1.807) is 36.9 Å². The highest BCUT2D eigenvalue weighted by atomic mass is 16.5. The third kappa shape index (κ3) is 3.47. The van der Waals surface area contributed by atoms with Gasteiger partial charge in [0.15, 0.2) is 11.5 Å². The fraction of sp³-hybridized carbons (Fsp3) is 0.364. The molecule has 0 aliphatic carbocycles. The van der Waals surface area contributed by atoms with Crippen LogP contribution in [-0.4, -0.2) is 49.5 Å². The van der Waals surface area contributed by atoms with Crippen molar-refractivity contribution in [2.75, 3.05) is 12.0 Å². The Hall–Kier alpha value is -3.82. The number of ether oxygens (including phenoxy) is 1. The summed E-state index contributed by atoms with van der Waals surface area (Å²) in [6.07, 6.45) is 3.15. The number of carbonyl (C=O) groups is 2. The van der Waals surface area contributed by atoms with Crippen molar-refractivity contribution < 1.29 is 24.0 Å². The van der Waals surface area contributed by atoms with E-state index in [1.165, 1.54) is 24.3 Å². The predicted octanol–water partition coefficient (Wildman–Crippen LogP) is 3.00. The number of aromatic nitrogens is 3. The second kappa shape index (κ2) is 7.70. The van der Waals surface area contributed by atoms with Gasteiger partial charge in [0.25, 0.3) is 5.91 Å². The zero-order valence-electron chi connectivity index (χ0n) is 18.6. The maximum Gasteiger partial charge on any atom is 0.332 e. The fourth-order valence-corrected chi connectivity index (χ4v) is 3.79. The number of rotatable bonds is 6. The summed E-state index contributed by atoms with van der Waals surface area (Å²) in [7, 11) is 1.46. The number of aromatic hydroxyl groups is 1. The number of phenols is 1. The fourth-order valence-electron chi connectivity index (χ4n) is 3.79. The SMILES string of the molecule is COc1ccc(CN2C(=O)N(c3cnn(Cc4c(C)noc4C)c3)C(=O)C2(C)C)cc1O. The number of hydrogen-bond acceptors (Lipinski definition) is 7. The number of hydrogen-bond donors (Lipinski definition) is 1. The van der Waals surface area contributed by atoms with Crippen molar-refractivity contribution in [1.29, 1.82) is 0 Å². The van der Waals surface area contributed by atoms with Gasteiger partial charge in [0.05, 0.1) is 31.2 Å². The number of amides is 3. The van der Waals surface area contributed by atoms with E-state index >= 15 is 0 Å². The Kier molecular flexibility index (Phi) is 5.15. The van der Waals surface area contributed by atoms with Crippen LogP contribution in [0.25, 0.3) is 0 Å². The molecule has 168 valence electrons. The first-order valence-corrected chi connectivity index (χ1v) is 10.1.